The van der Waals surface area contributed by atoms with Crippen LogP contribution in [-0.4, -0.2) is 50.5 Å². The highest BCUT2D eigenvalue weighted by molar-refractivity contribution is 9.10. The number of hydrogen-bond acceptors (Lipinski definition) is 4. The summed E-state index contributed by atoms with van der Waals surface area (Å²) in [7, 11) is -3.82. The third kappa shape index (κ3) is 8.66. The Balaban J connectivity index is 2.07. The molecule has 0 bridgehead atoms. The average Bonchev–Trinajstić information content (AvgIpc) is 2.93. The second-order valence-electron chi connectivity index (χ2n) is 10.1. The van der Waals surface area contributed by atoms with Gasteiger partial charge in [0.25, 0.3) is 0 Å². The lowest BCUT2D eigenvalue weighted by molar-refractivity contribution is -0.140. The van der Waals surface area contributed by atoms with Crippen molar-refractivity contribution in [3.05, 3.63) is 100 Å². The molecule has 1 N–H and O–H groups in total. The molecule has 0 aliphatic rings. The van der Waals surface area contributed by atoms with E-state index in [1.807, 2.05) is 87.5 Å². The number of sulfonamides is 1. The van der Waals surface area contributed by atoms with Crippen LogP contribution in [0.1, 0.15) is 49.8 Å². The second-order valence-corrected chi connectivity index (χ2v) is 13.0. The van der Waals surface area contributed by atoms with E-state index in [9.17, 15) is 18.0 Å². The minimum absolute atomic E-state index is 0.0417. The maximum atomic E-state index is 14.2. The number of carbonyl (C=O) groups is 2. The van der Waals surface area contributed by atoms with Crippen LogP contribution in [-0.2, 0) is 32.6 Å². The number of halogens is 1. The molecule has 0 aliphatic heterocycles. The van der Waals surface area contributed by atoms with E-state index in [-0.39, 0.29) is 18.4 Å². The predicted octanol–water partition coefficient (Wildman–Crippen LogP) is 5.50. The first kappa shape index (κ1) is 31.4. The highest BCUT2D eigenvalue weighted by Crippen LogP contribution is 2.29. The molecule has 9 heteroatoms. The van der Waals surface area contributed by atoms with Gasteiger partial charge in [-0.05, 0) is 47.2 Å². The molecule has 0 aromatic heterocycles. The number of rotatable bonds is 13. The van der Waals surface area contributed by atoms with Crippen LogP contribution in [0.15, 0.2) is 83.3 Å². The van der Waals surface area contributed by atoms with Crippen LogP contribution in [0.2, 0.25) is 0 Å². The first-order valence-electron chi connectivity index (χ1n) is 13.4. The molecule has 0 unspecified atom stereocenters. The summed E-state index contributed by atoms with van der Waals surface area (Å²) in [4.78, 5) is 29.2. The zero-order valence-electron chi connectivity index (χ0n) is 23.5. The van der Waals surface area contributed by atoms with Crippen molar-refractivity contribution in [3.63, 3.8) is 0 Å². The molecule has 3 aromatic rings. The van der Waals surface area contributed by atoms with Gasteiger partial charge in [0.15, 0.2) is 0 Å². The van der Waals surface area contributed by atoms with Gasteiger partial charge in [0.1, 0.15) is 12.6 Å². The Morgan fingerprint density at radius 3 is 2.12 bits per heavy atom. The van der Waals surface area contributed by atoms with Crippen molar-refractivity contribution in [1.29, 1.82) is 0 Å². The van der Waals surface area contributed by atoms with Crippen LogP contribution in [0.25, 0.3) is 0 Å². The summed E-state index contributed by atoms with van der Waals surface area (Å²) < 4.78 is 28.2. The Bertz CT molecular complexity index is 1380. The van der Waals surface area contributed by atoms with Crippen molar-refractivity contribution >= 4 is 43.5 Å². The molecular formula is C31H38BrN3O4S. The van der Waals surface area contributed by atoms with Crippen LogP contribution < -0.4 is 9.62 Å². The highest BCUT2D eigenvalue weighted by Gasteiger charge is 2.33. The Hall–Kier alpha value is -3.17. The number of hydrogen-bond donors (Lipinski definition) is 1. The van der Waals surface area contributed by atoms with E-state index in [1.54, 1.807) is 12.1 Å². The number of carbonyl (C=O) groups excluding carboxylic acids is 2. The number of anilines is 1. The third-order valence-electron chi connectivity index (χ3n) is 6.59. The summed E-state index contributed by atoms with van der Waals surface area (Å²) in [6, 6.07) is 23.4. The molecule has 0 radical (unpaired) electrons. The maximum absolute atomic E-state index is 14.2. The fraction of sp³-hybridized carbons (Fsp3) is 0.355. The molecule has 0 fully saturated rings. The van der Waals surface area contributed by atoms with Crippen molar-refractivity contribution in [1.82, 2.24) is 10.2 Å². The quantitative estimate of drug-likeness (QED) is 0.271. The van der Waals surface area contributed by atoms with E-state index in [2.05, 4.69) is 21.2 Å². The minimum atomic E-state index is -3.82. The summed E-state index contributed by atoms with van der Waals surface area (Å²) in [6.07, 6.45) is 2.14. The number of nitrogens with zero attached hydrogens (tertiary/aromatic N) is 2. The Morgan fingerprint density at radius 1 is 0.900 bits per heavy atom. The van der Waals surface area contributed by atoms with Crippen molar-refractivity contribution in [2.75, 3.05) is 23.7 Å². The lowest BCUT2D eigenvalue weighted by atomic mass is 10.0. The predicted molar refractivity (Wildman–Crippen MR) is 165 cm³/mol. The Morgan fingerprint density at radius 2 is 1.52 bits per heavy atom. The third-order valence-corrected chi connectivity index (χ3v) is 8.25. The van der Waals surface area contributed by atoms with E-state index in [4.69, 9.17) is 0 Å². The van der Waals surface area contributed by atoms with Gasteiger partial charge in [-0.2, -0.15) is 0 Å². The molecule has 0 aliphatic carbocycles. The molecule has 3 rings (SSSR count). The topological polar surface area (TPSA) is 86.8 Å². The zero-order valence-corrected chi connectivity index (χ0v) is 25.9. The van der Waals surface area contributed by atoms with Gasteiger partial charge in [0.2, 0.25) is 21.8 Å². The molecule has 2 amide bonds. The monoisotopic (exact) mass is 627 g/mol. The minimum Gasteiger partial charge on any atom is -0.354 e. The fourth-order valence-corrected chi connectivity index (χ4v) is 5.64. The van der Waals surface area contributed by atoms with Gasteiger partial charge in [0, 0.05) is 24.0 Å². The van der Waals surface area contributed by atoms with Crippen LogP contribution in [0, 0.1) is 0 Å². The van der Waals surface area contributed by atoms with E-state index < -0.39 is 28.5 Å². The van der Waals surface area contributed by atoms with Crippen LogP contribution >= 0.6 is 15.9 Å². The number of amides is 2. The summed E-state index contributed by atoms with van der Waals surface area (Å²) in [5.74, 6) is -0.691. The summed E-state index contributed by atoms with van der Waals surface area (Å²) in [5.41, 5.74) is 3.01. The molecular weight excluding hydrogens is 590 g/mol. The summed E-state index contributed by atoms with van der Waals surface area (Å²) >= 11 is 3.45. The molecule has 7 nitrogen and oxygen atoms in total. The van der Waals surface area contributed by atoms with Crippen molar-refractivity contribution in [2.24, 2.45) is 0 Å². The molecule has 0 saturated carbocycles. The van der Waals surface area contributed by atoms with Gasteiger partial charge in [-0.25, -0.2) is 8.42 Å². The standard InChI is InChI=1S/C31H38BrN3O4S/c1-5-19-33-31(37)29(20-24-11-7-6-8-12-24)34(21-25-15-17-26(32)18-16-25)30(36)22-35(40(4,38)39)28-14-10-9-13-27(28)23(2)3/h6-18,23,29H,5,19-22H2,1-4H3,(H,33,37)/t29-/m0/s1. The number of para-hydroxylation sites is 1. The van der Waals surface area contributed by atoms with Crippen molar-refractivity contribution in [3.8, 4) is 0 Å². The highest BCUT2D eigenvalue weighted by atomic mass is 79.9. The average molecular weight is 629 g/mol. The van der Waals surface area contributed by atoms with E-state index in [0.29, 0.717) is 18.7 Å². The zero-order chi connectivity index (χ0) is 29.3. The first-order chi connectivity index (χ1) is 19.0. The van der Waals surface area contributed by atoms with Crippen molar-refractivity contribution < 1.29 is 18.0 Å². The van der Waals surface area contributed by atoms with Gasteiger partial charge in [0.05, 0.1) is 11.9 Å². The van der Waals surface area contributed by atoms with Gasteiger partial charge in [-0.15, -0.1) is 0 Å². The van der Waals surface area contributed by atoms with Gasteiger partial charge in [-0.1, -0.05) is 97.4 Å². The van der Waals surface area contributed by atoms with Crippen LogP contribution in [0.5, 0.6) is 0 Å². The maximum Gasteiger partial charge on any atom is 0.244 e. The molecule has 0 spiro atoms. The van der Waals surface area contributed by atoms with E-state index in [1.165, 1.54) is 4.90 Å². The Kier molecular flexibility index (Phi) is 11.3. The molecule has 3 aromatic carbocycles. The van der Waals surface area contributed by atoms with Gasteiger partial charge in [-0.3, -0.25) is 13.9 Å². The molecule has 0 heterocycles. The largest absolute Gasteiger partial charge is 0.354 e. The SMILES string of the molecule is CCCNC(=O)[C@H](Cc1ccccc1)N(Cc1ccc(Br)cc1)C(=O)CN(c1ccccc1C(C)C)S(C)(=O)=O. The number of benzene rings is 3. The lowest BCUT2D eigenvalue weighted by Gasteiger charge is -2.34. The van der Waals surface area contributed by atoms with E-state index >= 15 is 0 Å². The molecule has 0 saturated heterocycles. The molecule has 214 valence electrons. The summed E-state index contributed by atoms with van der Waals surface area (Å²) in [6.45, 7) is 6.12. The normalized spacial score (nSPS) is 12.2. The Labute approximate surface area is 246 Å². The smallest absolute Gasteiger partial charge is 0.244 e. The fourth-order valence-electron chi connectivity index (χ4n) is 4.50. The first-order valence-corrected chi connectivity index (χ1v) is 16.1. The second kappa shape index (κ2) is 14.5. The van der Waals surface area contributed by atoms with Gasteiger partial charge < -0.3 is 10.2 Å². The van der Waals surface area contributed by atoms with Crippen molar-refractivity contribution in [2.45, 2.75) is 52.1 Å². The van der Waals surface area contributed by atoms with Crippen LogP contribution in [0.4, 0.5) is 5.69 Å². The van der Waals surface area contributed by atoms with Crippen LogP contribution in [0.3, 0.4) is 0 Å². The molecule has 1 atom stereocenters. The van der Waals surface area contributed by atoms with E-state index in [0.717, 1.165) is 38.1 Å². The van der Waals surface area contributed by atoms with Gasteiger partial charge >= 0.3 is 0 Å². The number of nitrogens with one attached hydrogen (secondary N) is 1. The molecule has 40 heavy (non-hydrogen) atoms. The summed E-state index contributed by atoms with van der Waals surface area (Å²) in [5, 5.41) is 2.95. The lowest BCUT2D eigenvalue weighted by Crippen LogP contribution is -2.53.